The molecule has 4 nitrogen and oxygen atoms in total. The Labute approximate surface area is 123 Å². The third kappa shape index (κ3) is 3.45. The van der Waals surface area contributed by atoms with Crippen molar-refractivity contribution in [3.05, 3.63) is 51.1 Å². The minimum atomic E-state index is -1.05. The van der Waals surface area contributed by atoms with Gasteiger partial charge in [-0.05, 0) is 52.7 Å². The summed E-state index contributed by atoms with van der Waals surface area (Å²) in [6.45, 7) is 1.96. The van der Waals surface area contributed by atoms with Crippen LogP contribution in [0, 0.1) is 6.92 Å². The van der Waals surface area contributed by atoms with Crippen LogP contribution in [0.1, 0.15) is 15.9 Å². The number of hydrogen-bond donors (Lipinski definition) is 2. The molecular formula is C13H10BrClN2O2. The molecule has 0 bridgehead atoms. The highest BCUT2D eigenvalue weighted by Crippen LogP contribution is 2.27. The number of pyridine rings is 1. The zero-order valence-electron chi connectivity index (χ0n) is 9.95. The molecule has 0 saturated carbocycles. The number of halogens is 2. The van der Waals surface area contributed by atoms with Gasteiger partial charge in [-0.2, -0.15) is 0 Å². The minimum absolute atomic E-state index is 0.0891. The summed E-state index contributed by atoms with van der Waals surface area (Å²) in [6.07, 6.45) is 0. The van der Waals surface area contributed by atoms with E-state index in [4.69, 9.17) is 16.7 Å². The first kappa shape index (κ1) is 13.8. The average Bonchev–Trinajstić information content (AvgIpc) is 2.33. The van der Waals surface area contributed by atoms with Crippen molar-refractivity contribution in [2.45, 2.75) is 6.92 Å². The molecule has 1 aromatic carbocycles. The van der Waals surface area contributed by atoms with Gasteiger partial charge in [-0.15, -0.1) is 0 Å². The van der Waals surface area contributed by atoms with E-state index in [1.165, 1.54) is 12.1 Å². The molecule has 0 aliphatic heterocycles. The molecule has 0 unspecified atom stereocenters. The molecule has 2 rings (SSSR count). The van der Waals surface area contributed by atoms with Crippen molar-refractivity contribution in [3.63, 3.8) is 0 Å². The molecule has 0 amide bonds. The maximum atomic E-state index is 11.0. The second-order valence-corrected chi connectivity index (χ2v) is 5.22. The number of anilines is 2. The van der Waals surface area contributed by atoms with Crippen molar-refractivity contribution in [1.29, 1.82) is 0 Å². The molecule has 2 N–H and O–H groups in total. The van der Waals surface area contributed by atoms with Gasteiger partial charge in [0.1, 0.15) is 11.0 Å². The van der Waals surface area contributed by atoms with Gasteiger partial charge in [0.25, 0.3) is 0 Å². The summed E-state index contributed by atoms with van der Waals surface area (Å²) < 4.78 is 0.858. The standard InChI is InChI=1S/C13H10BrClN2O2/c1-7-2-3-9(14)10(4-7)16-12-6-8(13(18)19)5-11(15)17-12/h2-6H,1H3,(H,16,17)(H,18,19). The molecule has 0 radical (unpaired) electrons. The van der Waals surface area contributed by atoms with Crippen molar-refractivity contribution in [2.75, 3.05) is 5.32 Å². The van der Waals surface area contributed by atoms with Crippen LogP contribution in [0.3, 0.4) is 0 Å². The smallest absolute Gasteiger partial charge is 0.335 e. The summed E-state index contributed by atoms with van der Waals surface area (Å²) in [5.74, 6) is -0.660. The molecule has 0 fully saturated rings. The predicted octanol–water partition coefficient (Wildman–Crippen LogP) is 4.25. The van der Waals surface area contributed by atoms with Gasteiger partial charge in [0.2, 0.25) is 0 Å². The van der Waals surface area contributed by atoms with E-state index in [9.17, 15) is 4.79 Å². The van der Waals surface area contributed by atoms with Crippen LogP contribution in [-0.2, 0) is 0 Å². The molecule has 2 aromatic rings. The summed E-state index contributed by atoms with van der Waals surface area (Å²) >= 11 is 9.22. The Morgan fingerprint density at radius 1 is 1.37 bits per heavy atom. The highest BCUT2D eigenvalue weighted by molar-refractivity contribution is 9.10. The highest BCUT2D eigenvalue weighted by atomic mass is 79.9. The average molecular weight is 342 g/mol. The number of hydrogen-bond acceptors (Lipinski definition) is 3. The number of aromatic nitrogens is 1. The van der Waals surface area contributed by atoms with Gasteiger partial charge in [-0.1, -0.05) is 17.7 Å². The molecular weight excluding hydrogens is 332 g/mol. The quantitative estimate of drug-likeness (QED) is 0.819. The fourth-order valence-electron chi connectivity index (χ4n) is 1.56. The number of aryl methyl sites for hydroxylation is 1. The van der Waals surface area contributed by atoms with Crippen molar-refractivity contribution < 1.29 is 9.90 Å². The van der Waals surface area contributed by atoms with Crippen LogP contribution < -0.4 is 5.32 Å². The summed E-state index contributed by atoms with van der Waals surface area (Å²) in [4.78, 5) is 15.0. The molecule has 0 aliphatic carbocycles. The number of nitrogens with one attached hydrogen (secondary N) is 1. The molecule has 0 atom stereocenters. The van der Waals surface area contributed by atoms with E-state index in [0.29, 0.717) is 5.82 Å². The Morgan fingerprint density at radius 3 is 2.79 bits per heavy atom. The van der Waals surface area contributed by atoms with Crippen LogP contribution in [0.25, 0.3) is 0 Å². The van der Waals surface area contributed by atoms with Crippen molar-refractivity contribution in [3.8, 4) is 0 Å². The number of aromatic carboxylic acids is 1. The summed E-state index contributed by atoms with van der Waals surface area (Å²) in [7, 11) is 0. The molecule has 1 aromatic heterocycles. The highest BCUT2D eigenvalue weighted by Gasteiger charge is 2.09. The van der Waals surface area contributed by atoms with Crippen LogP contribution >= 0.6 is 27.5 Å². The second-order valence-electron chi connectivity index (χ2n) is 3.98. The van der Waals surface area contributed by atoms with Gasteiger partial charge in [0.15, 0.2) is 0 Å². The molecule has 98 valence electrons. The van der Waals surface area contributed by atoms with E-state index in [1.807, 2.05) is 25.1 Å². The SMILES string of the molecule is Cc1ccc(Br)c(Nc2cc(C(=O)O)cc(Cl)n2)c1. The Kier molecular flexibility index (Phi) is 4.07. The van der Waals surface area contributed by atoms with Crippen molar-refractivity contribution >= 4 is 45.0 Å². The first-order chi connectivity index (χ1) is 8.95. The van der Waals surface area contributed by atoms with Crippen LogP contribution in [0.4, 0.5) is 11.5 Å². The molecule has 19 heavy (non-hydrogen) atoms. The van der Waals surface area contributed by atoms with E-state index >= 15 is 0 Å². The van der Waals surface area contributed by atoms with Crippen molar-refractivity contribution in [2.24, 2.45) is 0 Å². The number of carboxylic acids is 1. The Balaban J connectivity index is 2.38. The van der Waals surface area contributed by atoms with Crippen LogP contribution in [0.15, 0.2) is 34.8 Å². The molecule has 1 heterocycles. The Bertz CT molecular complexity index is 647. The van der Waals surface area contributed by atoms with Crippen LogP contribution in [0.5, 0.6) is 0 Å². The summed E-state index contributed by atoms with van der Waals surface area (Å²) in [5, 5.41) is 12.1. The molecule has 6 heteroatoms. The minimum Gasteiger partial charge on any atom is -0.478 e. The first-order valence-corrected chi connectivity index (χ1v) is 6.57. The molecule has 0 aliphatic rings. The summed E-state index contributed by atoms with van der Waals surface area (Å²) in [5.41, 5.74) is 1.96. The lowest BCUT2D eigenvalue weighted by atomic mass is 10.2. The van der Waals surface area contributed by atoms with E-state index in [1.54, 1.807) is 0 Å². The number of nitrogens with zero attached hydrogens (tertiary/aromatic N) is 1. The van der Waals surface area contributed by atoms with Gasteiger partial charge < -0.3 is 10.4 Å². The topological polar surface area (TPSA) is 62.2 Å². The normalized spacial score (nSPS) is 10.3. The van der Waals surface area contributed by atoms with E-state index < -0.39 is 5.97 Å². The fraction of sp³-hybridized carbons (Fsp3) is 0.0769. The monoisotopic (exact) mass is 340 g/mol. The zero-order valence-corrected chi connectivity index (χ0v) is 12.3. The van der Waals surface area contributed by atoms with Crippen LogP contribution in [0.2, 0.25) is 5.15 Å². The Hall–Kier alpha value is -1.59. The van der Waals surface area contributed by atoms with Gasteiger partial charge in [-0.25, -0.2) is 9.78 Å². The summed E-state index contributed by atoms with van der Waals surface area (Å²) in [6, 6.07) is 8.53. The third-order valence-electron chi connectivity index (χ3n) is 2.43. The maximum absolute atomic E-state index is 11.0. The largest absolute Gasteiger partial charge is 0.478 e. The number of rotatable bonds is 3. The second kappa shape index (κ2) is 5.59. The predicted molar refractivity (Wildman–Crippen MR) is 78.4 cm³/mol. The van der Waals surface area contributed by atoms with E-state index in [2.05, 4.69) is 26.2 Å². The molecule has 0 saturated heterocycles. The number of benzene rings is 1. The van der Waals surface area contributed by atoms with Gasteiger partial charge in [0.05, 0.1) is 11.3 Å². The lowest BCUT2D eigenvalue weighted by molar-refractivity contribution is 0.0697. The van der Waals surface area contributed by atoms with Crippen molar-refractivity contribution in [1.82, 2.24) is 4.98 Å². The van der Waals surface area contributed by atoms with Gasteiger partial charge >= 0.3 is 5.97 Å². The number of carboxylic acid groups (broad SMARTS) is 1. The zero-order chi connectivity index (χ0) is 14.0. The lowest BCUT2D eigenvalue weighted by Gasteiger charge is -2.09. The third-order valence-corrected chi connectivity index (χ3v) is 3.31. The lowest BCUT2D eigenvalue weighted by Crippen LogP contribution is -2.01. The number of carbonyl (C=O) groups is 1. The van der Waals surface area contributed by atoms with E-state index in [-0.39, 0.29) is 10.7 Å². The first-order valence-electron chi connectivity index (χ1n) is 5.40. The maximum Gasteiger partial charge on any atom is 0.335 e. The van der Waals surface area contributed by atoms with Crippen LogP contribution in [-0.4, -0.2) is 16.1 Å². The van der Waals surface area contributed by atoms with Gasteiger partial charge in [-0.3, -0.25) is 0 Å². The van der Waals surface area contributed by atoms with E-state index in [0.717, 1.165) is 15.7 Å². The Morgan fingerprint density at radius 2 is 2.11 bits per heavy atom. The van der Waals surface area contributed by atoms with Gasteiger partial charge in [0, 0.05) is 4.47 Å². The fourth-order valence-corrected chi connectivity index (χ4v) is 2.11. The molecule has 0 spiro atoms.